The monoisotopic (exact) mass is 255 g/mol. The second-order valence-corrected chi connectivity index (χ2v) is 4.96. The van der Waals surface area contributed by atoms with E-state index in [4.69, 9.17) is 0 Å². The van der Waals surface area contributed by atoms with Crippen molar-refractivity contribution in [2.24, 2.45) is 0 Å². The van der Waals surface area contributed by atoms with Gasteiger partial charge >= 0.3 is 0 Å². The Morgan fingerprint density at radius 1 is 1.37 bits per heavy atom. The molecule has 1 aliphatic carbocycles. The van der Waals surface area contributed by atoms with Gasteiger partial charge in [0.25, 0.3) is 5.69 Å². The summed E-state index contributed by atoms with van der Waals surface area (Å²) in [5.41, 5.74) is 1.48. The van der Waals surface area contributed by atoms with Crippen LogP contribution in [0.25, 0.3) is 10.9 Å². The van der Waals surface area contributed by atoms with Gasteiger partial charge in [0.15, 0.2) is 0 Å². The first kappa shape index (κ1) is 11.7. The number of aromatic nitrogens is 1. The van der Waals surface area contributed by atoms with E-state index in [1.165, 1.54) is 18.9 Å². The lowest BCUT2D eigenvalue weighted by Crippen LogP contribution is -2.02. The van der Waals surface area contributed by atoms with Crippen LogP contribution in [0.15, 0.2) is 24.4 Å². The highest BCUT2D eigenvalue weighted by atomic mass is 16.6. The van der Waals surface area contributed by atoms with Gasteiger partial charge in [-0.05, 0) is 18.9 Å². The van der Waals surface area contributed by atoms with E-state index in [1.807, 2.05) is 10.8 Å². The second kappa shape index (κ2) is 4.39. The molecule has 3 rings (SSSR count). The molecular weight excluding hydrogens is 242 g/mol. The van der Waals surface area contributed by atoms with Gasteiger partial charge in [-0.15, -0.1) is 0 Å². The van der Waals surface area contributed by atoms with Crippen molar-refractivity contribution in [3.05, 3.63) is 40.1 Å². The highest BCUT2D eigenvalue weighted by Gasteiger charge is 2.21. The lowest BCUT2D eigenvalue weighted by atomic mass is 10.1. The van der Waals surface area contributed by atoms with Crippen LogP contribution in [0.3, 0.4) is 0 Å². The van der Waals surface area contributed by atoms with Crippen LogP contribution in [0.1, 0.15) is 37.3 Å². The summed E-state index contributed by atoms with van der Waals surface area (Å²) in [5, 5.41) is 20.9. The molecule has 0 radical (unpaired) electrons. The van der Waals surface area contributed by atoms with E-state index in [9.17, 15) is 15.4 Å². The molecule has 5 nitrogen and oxygen atoms in total. The van der Waals surface area contributed by atoms with E-state index in [-0.39, 0.29) is 5.69 Å². The molecular formula is C14H13N3O2. The number of hydrogen-bond donors (Lipinski definition) is 0. The first-order chi connectivity index (χ1) is 9.20. The minimum absolute atomic E-state index is 0.0781. The van der Waals surface area contributed by atoms with Crippen molar-refractivity contribution in [3.8, 4) is 6.07 Å². The third-order valence-corrected chi connectivity index (χ3v) is 3.87. The van der Waals surface area contributed by atoms with E-state index in [0.717, 1.165) is 23.7 Å². The fourth-order valence-corrected chi connectivity index (χ4v) is 2.93. The molecule has 96 valence electrons. The molecule has 5 heteroatoms. The zero-order valence-electron chi connectivity index (χ0n) is 10.4. The summed E-state index contributed by atoms with van der Waals surface area (Å²) >= 11 is 0. The van der Waals surface area contributed by atoms with Gasteiger partial charge in [0.1, 0.15) is 6.07 Å². The molecule has 2 aromatic rings. The van der Waals surface area contributed by atoms with Gasteiger partial charge in [-0.25, -0.2) is 0 Å². The van der Waals surface area contributed by atoms with Crippen LogP contribution in [0, 0.1) is 21.4 Å². The third kappa shape index (κ3) is 1.85. The lowest BCUT2D eigenvalue weighted by molar-refractivity contribution is -0.384. The summed E-state index contributed by atoms with van der Waals surface area (Å²) in [6.45, 7) is 0. The van der Waals surface area contributed by atoms with Gasteiger partial charge in [0.05, 0.1) is 16.0 Å². The van der Waals surface area contributed by atoms with Crippen molar-refractivity contribution in [3.63, 3.8) is 0 Å². The van der Waals surface area contributed by atoms with Crippen LogP contribution in [-0.2, 0) is 0 Å². The Hall–Kier alpha value is -2.35. The van der Waals surface area contributed by atoms with Gasteiger partial charge in [-0.3, -0.25) is 10.1 Å². The summed E-state index contributed by atoms with van der Waals surface area (Å²) in [6, 6.07) is 7.26. The molecule has 0 unspecified atom stereocenters. The van der Waals surface area contributed by atoms with Crippen molar-refractivity contribution in [1.82, 2.24) is 4.57 Å². The number of benzene rings is 1. The molecule has 1 heterocycles. The van der Waals surface area contributed by atoms with Crippen LogP contribution in [0.4, 0.5) is 5.69 Å². The molecule has 19 heavy (non-hydrogen) atoms. The molecule has 1 aliphatic rings. The summed E-state index contributed by atoms with van der Waals surface area (Å²) in [7, 11) is 0. The molecule has 0 spiro atoms. The number of nitro groups is 1. The topological polar surface area (TPSA) is 71.9 Å². The Morgan fingerprint density at radius 2 is 2.11 bits per heavy atom. The molecule has 0 atom stereocenters. The number of fused-ring (bicyclic) bond motifs is 1. The highest BCUT2D eigenvalue weighted by molar-refractivity contribution is 5.88. The molecule has 1 fully saturated rings. The van der Waals surface area contributed by atoms with E-state index < -0.39 is 4.92 Å². The largest absolute Gasteiger partial charge is 0.343 e. The molecule has 0 amide bonds. The van der Waals surface area contributed by atoms with Crippen molar-refractivity contribution in [1.29, 1.82) is 5.26 Å². The Labute approximate surface area is 110 Å². The maximum Gasteiger partial charge on any atom is 0.271 e. The Kier molecular flexibility index (Phi) is 2.71. The van der Waals surface area contributed by atoms with E-state index >= 15 is 0 Å². The fourth-order valence-electron chi connectivity index (χ4n) is 2.93. The van der Waals surface area contributed by atoms with Crippen LogP contribution < -0.4 is 0 Å². The maximum atomic E-state index is 10.9. The molecule has 0 aliphatic heterocycles. The summed E-state index contributed by atoms with van der Waals surface area (Å²) in [4.78, 5) is 10.5. The third-order valence-electron chi connectivity index (χ3n) is 3.87. The molecule has 1 saturated carbocycles. The van der Waals surface area contributed by atoms with Gasteiger partial charge in [0.2, 0.25) is 0 Å². The fraction of sp³-hybridized carbons (Fsp3) is 0.357. The predicted molar refractivity (Wildman–Crippen MR) is 70.8 cm³/mol. The van der Waals surface area contributed by atoms with Crippen molar-refractivity contribution < 1.29 is 4.92 Å². The van der Waals surface area contributed by atoms with Crippen LogP contribution >= 0.6 is 0 Å². The van der Waals surface area contributed by atoms with Crippen LogP contribution in [0.5, 0.6) is 0 Å². The van der Waals surface area contributed by atoms with E-state index in [2.05, 4.69) is 6.07 Å². The first-order valence-electron chi connectivity index (χ1n) is 6.40. The SMILES string of the molecule is N#Cc1cn(C2CCCC2)c2cc([N+](=O)[O-])ccc12. The van der Waals surface area contributed by atoms with Crippen LogP contribution in [0.2, 0.25) is 0 Å². The zero-order valence-corrected chi connectivity index (χ0v) is 10.4. The molecule has 0 bridgehead atoms. The second-order valence-electron chi connectivity index (χ2n) is 4.96. The quantitative estimate of drug-likeness (QED) is 0.608. The highest BCUT2D eigenvalue weighted by Crippen LogP contribution is 2.35. The van der Waals surface area contributed by atoms with Crippen LogP contribution in [-0.4, -0.2) is 9.49 Å². The summed E-state index contributed by atoms with van der Waals surface area (Å²) < 4.78 is 2.05. The molecule has 0 N–H and O–H groups in total. The average molecular weight is 255 g/mol. The van der Waals surface area contributed by atoms with E-state index in [1.54, 1.807) is 12.1 Å². The van der Waals surface area contributed by atoms with Gasteiger partial charge in [-0.2, -0.15) is 5.26 Å². The van der Waals surface area contributed by atoms with Crippen molar-refractivity contribution in [2.45, 2.75) is 31.7 Å². The number of hydrogen-bond acceptors (Lipinski definition) is 3. The predicted octanol–water partition coefficient (Wildman–Crippen LogP) is 3.54. The first-order valence-corrected chi connectivity index (χ1v) is 6.40. The molecule has 1 aromatic carbocycles. The van der Waals surface area contributed by atoms with Gasteiger partial charge < -0.3 is 4.57 Å². The minimum Gasteiger partial charge on any atom is -0.343 e. The Balaban J connectivity index is 2.22. The number of non-ortho nitro benzene ring substituents is 1. The van der Waals surface area contributed by atoms with Gasteiger partial charge in [-0.1, -0.05) is 12.8 Å². The number of rotatable bonds is 2. The smallest absolute Gasteiger partial charge is 0.271 e. The summed E-state index contributed by atoms with van der Waals surface area (Å²) in [5.74, 6) is 0. The van der Waals surface area contributed by atoms with Crippen molar-refractivity contribution >= 4 is 16.6 Å². The lowest BCUT2D eigenvalue weighted by Gasteiger charge is -2.12. The average Bonchev–Trinajstić information content (AvgIpc) is 3.04. The normalized spacial score (nSPS) is 15.7. The molecule has 0 saturated heterocycles. The Bertz CT molecular complexity index is 691. The number of nitrogens with zero attached hydrogens (tertiary/aromatic N) is 3. The zero-order chi connectivity index (χ0) is 13.4. The number of nitriles is 1. The number of nitro benzene ring substituents is 1. The van der Waals surface area contributed by atoms with E-state index in [0.29, 0.717) is 11.6 Å². The minimum atomic E-state index is -0.391. The van der Waals surface area contributed by atoms with Crippen molar-refractivity contribution in [2.75, 3.05) is 0 Å². The standard InChI is InChI=1S/C14H13N3O2/c15-8-10-9-16(11-3-1-2-4-11)14-7-12(17(18)19)5-6-13(10)14/h5-7,9,11H,1-4H2. The maximum absolute atomic E-state index is 10.9. The summed E-state index contributed by atoms with van der Waals surface area (Å²) in [6.07, 6.45) is 6.36. The van der Waals surface area contributed by atoms with Gasteiger partial charge in [0, 0.05) is 29.8 Å². The Morgan fingerprint density at radius 3 is 2.74 bits per heavy atom. The molecule has 1 aromatic heterocycles.